The van der Waals surface area contributed by atoms with E-state index in [2.05, 4.69) is 75.5 Å². The maximum atomic E-state index is 9.24. The quantitative estimate of drug-likeness (QED) is 0.232. The van der Waals surface area contributed by atoms with Gasteiger partial charge in [-0.15, -0.1) is 0 Å². The van der Waals surface area contributed by atoms with Gasteiger partial charge in [0.15, 0.2) is 0 Å². The molecule has 0 spiro atoms. The summed E-state index contributed by atoms with van der Waals surface area (Å²) in [6, 6.07) is 0. The van der Waals surface area contributed by atoms with Gasteiger partial charge in [-0.2, -0.15) is 0 Å². The van der Waals surface area contributed by atoms with Gasteiger partial charge >= 0.3 is 129 Å². The van der Waals surface area contributed by atoms with Gasteiger partial charge in [-0.1, -0.05) is 13.2 Å². The summed E-state index contributed by atoms with van der Waals surface area (Å²) in [6.45, 7) is 7.52. The molecule has 9 heteroatoms. The SMILES string of the molecule is C=C(O)C(=O)[O-].C=C(O)C(=O)[O-].CN(C)CC1=[C]([Hf+2][C]2=C(CN(C)C)C=CC2)CC=C1. The van der Waals surface area contributed by atoms with Gasteiger partial charge in [-0.3, -0.25) is 0 Å². The van der Waals surface area contributed by atoms with Crippen molar-refractivity contribution < 1.29 is 52.9 Å². The third-order valence-electron chi connectivity index (χ3n) is 3.80. The number of hydrogen-bond acceptors (Lipinski definition) is 8. The zero-order valence-electron chi connectivity index (χ0n) is 18.5. The van der Waals surface area contributed by atoms with E-state index in [1.54, 1.807) is 11.1 Å². The fourth-order valence-electron chi connectivity index (χ4n) is 2.52. The Balaban J connectivity index is 0.000000620. The van der Waals surface area contributed by atoms with Crippen molar-refractivity contribution in [2.75, 3.05) is 41.3 Å². The Morgan fingerprint density at radius 3 is 1.39 bits per heavy atom. The van der Waals surface area contributed by atoms with Crippen LogP contribution in [0.1, 0.15) is 12.8 Å². The molecule has 31 heavy (non-hydrogen) atoms. The maximum absolute atomic E-state index is 9.24. The second-order valence-corrected chi connectivity index (χ2v) is 12.5. The predicted octanol–water partition coefficient (Wildman–Crippen LogP) is 0.236. The van der Waals surface area contributed by atoms with E-state index in [9.17, 15) is 19.8 Å². The zero-order valence-corrected chi connectivity index (χ0v) is 22.1. The van der Waals surface area contributed by atoms with Crippen LogP contribution in [0.25, 0.3) is 0 Å². The minimum atomic E-state index is -1.63. The summed E-state index contributed by atoms with van der Waals surface area (Å²) in [7, 11) is 8.66. The Morgan fingerprint density at radius 1 is 0.871 bits per heavy atom. The monoisotopic (exact) mass is 598 g/mol. The zero-order chi connectivity index (χ0) is 24.1. The first-order valence-corrected chi connectivity index (χ1v) is 13.0. The second kappa shape index (κ2) is 14.7. The molecule has 2 rings (SSSR count). The molecule has 0 amide bonds. The number of carboxylic acid groups (broad SMARTS) is 2. The van der Waals surface area contributed by atoms with Crippen LogP contribution in [0.15, 0.2) is 66.8 Å². The molecule has 2 aliphatic rings. The fourth-order valence-corrected chi connectivity index (χ4v) is 7.73. The predicted molar refractivity (Wildman–Crippen MR) is 112 cm³/mol. The number of aliphatic hydroxyl groups is 2. The van der Waals surface area contributed by atoms with Crippen molar-refractivity contribution in [1.82, 2.24) is 9.80 Å². The fraction of sp³-hybridized carbons (Fsp3) is 0.364. The third-order valence-corrected chi connectivity index (χ3v) is 9.75. The van der Waals surface area contributed by atoms with Crippen LogP contribution in [0, 0.1) is 0 Å². The number of rotatable bonds is 8. The van der Waals surface area contributed by atoms with Crippen molar-refractivity contribution in [1.29, 1.82) is 0 Å². The second-order valence-electron chi connectivity index (χ2n) is 7.29. The van der Waals surface area contributed by atoms with Gasteiger partial charge in [0.2, 0.25) is 0 Å². The minimum absolute atomic E-state index is 0.794. The number of likely N-dealkylation sites (N-methyl/N-ethyl adjacent to an activating group) is 2. The standard InChI is InChI=1S/2C8H12N.2C3H4O3.Hf/c2*1-9(2)7-8-5-3-4-6-8;2*1-2(4)3(5)6;/h2*3,5H,4,7H2,1-2H3;2*4H,1H2,(H,5,6);/q;;;;+2/p-2. The van der Waals surface area contributed by atoms with Crippen molar-refractivity contribution in [3.63, 3.8) is 0 Å². The number of hydrogen-bond donors (Lipinski definition) is 2. The summed E-state index contributed by atoms with van der Waals surface area (Å²) < 4.78 is 3.62. The molecular weight excluding hydrogens is 567 g/mol. The number of carbonyl (C=O) groups is 2. The van der Waals surface area contributed by atoms with E-state index in [0.717, 1.165) is 13.1 Å². The van der Waals surface area contributed by atoms with Crippen LogP contribution in [-0.4, -0.2) is 73.2 Å². The van der Waals surface area contributed by atoms with Crippen molar-refractivity contribution in [2.24, 2.45) is 0 Å². The molecule has 0 heterocycles. The summed E-state index contributed by atoms with van der Waals surface area (Å²) in [5.74, 6) is -5.13. The third kappa shape index (κ3) is 12.9. The molecule has 0 atom stereocenters. The number of carbonyl (C=O) groups excluding carboxylic acids is 2. The molecule has 8 nitrogen and oxygen atoms in total. The number of carboxylic acids is 2. The number of aliphatic carboxylic acids is 2. The van der Waals surface area contributed by atoms with Crippen LogP contribution < -0.4 is 10.2 Å². The van der Waals surface area contributed by atoms with Crippen LogP contribution >= 0.6 is 0 Å². The Kier molecular flexibility index (Phi) is 13.7. The van der Waals surface area contributed by atoms with Gasteiger partial charge in [-0.05, 0) is 0 Å². The normalized spacial score (nSPS) is 14.1. The Morgan fingerprint density at radius 2 is 1.16 bits per heavy atom. The molecular formula is C22H30HfN2O6. The van der Waals surface area contributed by atoms with Crippen molar-refractivity contribution in [3.8, 4) is 0 Å². The molecule has 0 aromatic rings. The molecule has 2 N–H and O–H groups in total. The Hall–Kier alpha value is -2.23. The van der Waals surface area contributed by atoms with Crippen LogP contribution in [0.2, 0.25) is 0 Å². The molecule has 0 aromatic heterocycles. The van der Waals surface area contributed by atoms with E-state index >= 15 is 0 Å². The number of allylic oxidation sites excluding steroid dienone is 4. The topological polar surface area (TPSA) is 127 Å². The molecule has 168 valence electrons. The van der Waals surface area contributed by atoms with E-state index in [1.165, 1.54) is 12.8 Å². The van der Waals surface area contributed by atoms with Crippen LogP contribution in [0.4, 0.5) is 0 Å². The van der Waals surface area contributed by atoms with E-state index < -0.39 is 46.4 Å². The molecule has 0 bridgehead atoms. The summed E-state index contributed by atoms with van der Waals surface area (Å²) in [4.78, 5) is 23.1. The van der Waals surface area contributed by atoms with Gasteiger partial charge in [0.05, 0.1) is 0 Å². The average Bonchev–Trinajstić information content (AvgIpc) is 3.25. The van der Waals surface area contributed by atoms with Crippen molar-refractivity contribution in [2.45, 2.75) is 12.8 Å². The van der Waals surface area contributed by atoms with E-state index in [-0.39, 0.29) is 0 Å². The van der Waals surface area contributed by atoms with Crippen LogP contribution in [-0.2, 0) is 32.5 Å². The van der Waals surface area contributed by atoms with Crippen LogP contribution in [0.5, 0.6) is 0 Å². The summed E-state index contributed by atoms with van der Waals surface area (Å²) >= 11 is -0.794. The van der Waals surface area contributed by atoms with E-state index in [1.807, 2.05) is 6.66 Å². The molecule has 0 saturated heterocycles. The molecule has 0 aliphatic heterocycles. The van der Waals surface area contributed by atoms with Gasteiger partial charge in [-0.25, -0.2) is 0 Å². The van der Waals surface area contributed by atoms with E-state index in [0.29, 0.717) is 0 Å². The van der Waals surface area contributed by atoms with Gasteiger partial charge in [0, 0.05) is 0 Å². The molecule has 0 saturated carbocycles. The first-order chi connectivity index (χ1) is 14.3. The number of aliphatic hydroxyl groups excluding tert-OH is 2. The van der Waals surface area contributed by atoms with E-state index in [4.69, 9.17) is 10.2 Å². The van der Waals surface area contributed by atoms with Crippen LogP contribution in [0.3, 0.4) is 0 Å². The Labute approximate surface area is 195 Å². The van der Waals surface area contributed by atoms with Gasteiger partial charge in [0.25, 0.3) is 0 Å². The Bertz CT molecular complexity index is 717. The first kappa shape index (κ1) is 28.8. The molecule has 0 fully saturated rings. The van der Waals surface area contributed by atoms with Crippen molar-refractivity contribution in [3.05, 3.63) is 66.8 Å². The summed E-state index contributed by atoms with van der Waals surface area (Å²) in [6.07, 6.45) is 11.9. The molecule has 0 aromatic carbocycles. The molecule has 2 aliphatic carbocycles. The van der Waals surface area contributed by atoms with Crippen molar-refractivity contribution >= 4 is 11.9 Å². The first-order valence-electron chi connectivity index (χ1n) is 9.37. The average molecular weight is 597 g/mol. The summed E-state index contributed by atoms with van der Waals surface area (Å²) in [5, 5.41) is 34.0. The van der Waals surface area contributed by atoms with Gasteiger partial charge in [0.1, 0.15) is 23.5 Å². The van der Waals surface area contributed by atoms with Gasteiger partial charge < -0.3 is 30.0 Å². The number of nitrogens with zero attached hydrogens (tertiary/aromatic N) is 2. The molecule has 0 radical (unpaired) electrons. The summed E-state index contributed by atoms with van der Waals surface area (Å²) in [5.41, 5.74) is 3.22. The molecule has 0 unspecified atom stereocenters.